The van der Waals surface area contributed by atoms with Crippen LogP contribution in [0.25, 0.3) is 0 Å². The average molecular weight is 260 g/mol. The van der Waals surface area contributed by atoms with Crippen molar-refractivity contribution in [1.29, 1.82) is 0 Å². The van der Waals surface area contributed by atoms with Crippen molar-refractivity contribution in [3.63, 3.8) is 0 Å². The molecule has 0 radical (unpaired) electrons. The quantitative estimate of drug-likeness (QED) is 0.494. The lowest BCUT2D eigenvalue weighted by molar-refractivity contribution is -0.143. The van der Waals surface area contributed by atoms with Crippen LogP contribution in [-0.4, -0.2) is 52.6 Å². The Bertz CT molecular complexity index is 312. The molecule has 0 fully saturated rings. The highest BCUT2D eigenvalue weighted by atomic mass is 16.5. The maximum Gasteiger partial charge on any atom is 0.201 e. The van der Waals surface area contributed by atoms with E-state index >= 15 is 0 Å². The number of rotatable bonds is 9. The summed E-state index contributed by atoms with van der Waals surface area (Å²) in [6.45, 7) is 9.30. The van der Waals surface area contributed by atoms with Gasteiger partial charge < -0.3 is 24.8 Å². The number of ether oxygens (including phenoxy) is 2. The van der Waals surface area contributed by atoms with E-state index in [1.165, 1.54) is 0 Å². The molecule has 0 heterocycles. The van der Waals surface area contributed by atoms with E-state index in [-0.39, 0.29) is 6.61 Å². The van der Waals surface area contributed by atoms with E-state index in [4.69, 9.17) is 9.47 Å². The molecule has 0 aromatic rings. The molecule has 18 heavy (non-hydrogen) atoms. The second-order valence-electron chi connectivity index (χ2n) is 3.97. The molecule has 0 aromatic carbocycles. The van der Waals surface area contributed by atoms with E-state index < -0.39 is 30.7 Å². The van der Waals surface area contributed by atoms with Gasteiger partial charge in [-0.15, -0.1) is 0 Å². The smallest absolute Gasteiger partial charge is 0.201 e. The van der Waals surface area contributed by atoms with Crippen LogP contribution in [0, 0.1) is 0 Å². The highest BCUT2D eigenvalue weighted by Crippen LogP contribution is 2.05. The van der Waals surface area contributed by atoms with Crippen LogP contribution in [0.4, 0.5) is 0 Å². The second kappa shape index (κ2) is 7.86. The summed E-state index contributed by atoms with van der Waals surface area (Å²) < 4.78 is 9.69. The summed E-state index contributed by atoms with van der Waals surface area (Å²) in [7, 11) is 0. The number of carbonyl (C=O) groups is 1. The summed E-state index contributed by atoms with van der Waals surface area (Å²) in [5.74, 6) is -0.0799. The van der Waals surface area contributed by atoms with Crippen LogP contribution < -0.4 is 0 Å². The fraction of sp³-hybridized carbons (Fsp3) is 0.583. The number of hydrogen-bond donors (Lipinski definition) is 3. The first-order valence-electron chi connectivity index (χ1n) is 5.39. The van der Waals surface area contributed by atoms with Crippen molar-refractivity contribution in [2.24, 2.45) is 0 Å². The zero-order chi connectivity index (χ0) is 14.3. The van der Waals surface area contributed by atoms with E-state index in [0.717, 1.165) is 0 Å². The molecule has 3 N–H and O–H groups in total. The van der Waals surface area contributed by atoms with Crippen molar-refractivity contribution in [2.45, 2.75) is 32.2 Å². The molecule has 0 aliphatic carbocycles. The zero-order valence-electron chi connectivity index (χ0n) is 10.6. The minimum absolute atomic E-state index is 0.262. The van der Waals surface area contributed by atoms with E-state index in [1.54, 1.807) is 13.8 Å². The Kier molecular flexibility index (Phi) is 7.26. The second-order valence-corrected chi connectivity index (χ2v) is 3.97. The zero-order valence-corrected chi connectivity index (χ0v) is 10.6. The summed E-state index contributed by atoms with van der Waals surface area (Å²) in [6, 6.07) is 0. The number of aliphatic hydroxyl groups excluding tert-OH is 3. The van der Waals surface area contributed by atoms with Gasteiger partial charge in [0.15, 0.2) is 0 Å². The third-order valence-electron chi connectivity index (χ3n) is 2.01. The number of hydrogen-bond acceptors (Lipinski definition) is 6. The molecule has 0 saturated heterocycles. The van der Waals surface area contributed by atoms with Crippen molar-refractivity contribution in [1.82, 2.24) is 0 Å². The SMILES string of the molecule is C=C(C)OCC(=O)C(O)C(O)C(O)COC(=C)C. The first kappa shape index (κ1) is 16.6. The molecule has 104 valence electrons. The van der Waals surface area contributed by atoms with E-state index in [1.807, 2.05) is 0 Å². The Labute approximate surface area is 106 Å². The van der Waals surface area contributed by atoms with Crippen molar-refractivity contribution in [2.75, 3.05) is 13.2 Å². The van der Waals surface area contributed by atoms with Crippen molar-refractivity contribution in [3.05, 3.63) is 24.7 Å². The lowest BCUT2D eigenvalue weighted by Crippen LogP contribution is -2.45. The normalized spacial score (nSPS) is 15.4. The van der Waals surface area contributed by atoms with Crippen molar-refractivity contribution < 1.29 is 29.6 Å². The third kappa shape index (κ3) is 6.39. The van der Waals surface area contributed by atoms with Gasteiger partial charge in [-0.3, -0.25) is 4.79 Å². The maximum absolute atomic E-state index is 11.4. The molecule has 0 aliphatic heterocycles. The van der Waals surface area contributed by atoms with Crippen LogP contribution in [0.5, 0.6) is 0 Å². The summed E-state index contributed by atoms with van der Waals surface area (Å²) in [5, 5.41) is 28.5. The summed E-state index contributed by atoms with van der Waals surface area (Å²) in [5.41, 5.74) is 0. The predicted octanol–water partition coefficient (Wildman–Crippen LogP) is -0.261. The highest BCUT2D eigenvalue weighted by molar-refractivity contribution is 5.84. The fourth-order valence-corrected chi connectivity index (χ4v) is 1.01. The lowest BCUT2D eigenvalue weighted by Gasteiger charge is -2.22. The Balaban J connectivity index is 4.21. The Hall–Kier alpha value is -1.37. The topological polar surface area (TPSA) is 96.2 Å². The van der Waals surface area contributed by atoms with Gasteiger partial charge in [0.2, 0.25) is 5.78 Å². The molecule has 0 saturated carbocycles. The van der Waals surface area contributed by atoms with Crippen LogP contribution in [0.3, 0.4) is 0 Å². The Morgan fingerprint density at radius 2 is 1.61 bits per heavy atom. The van der Waals surface area contributed by atoms with Gasteiger partial charge in [0, 0.05) is 0 Å². The van der Waals surface area contributed by atoms with E-state index in [0.29, 0.717) is 11.5 Å². The molecule has 0 aliphatic rings. The number of aliphatic hydroxyl groups is 3. The molecule has 3 atom stereocenters. The highest BCUT2D eigenvalue weighted by Gasteiger charge is 2.30. The van der Waals surface area contributed by atoms with Crippen LogP contribution in [0.2, 0.25) is 0 Å². The van der Waals surface area contributed by atoms with Crippen LogP contribution in [0.1, 0.15) is 13.8 Å². The average Bonchev–Trinajstić information content (AvgIpc) is 2.30. The minimum atomic E-state index is -1.74. The number of ketones is 1. The van der Waals surface area contributed by atoms with Gasteiger partial charge in [0.25, 0.3) is 0 Å². The predicted molar refractivity (Wildman–Crippen MR) is 64.6 cm³/mol. The molecule has 0 aromatic heterocycles. The Morgan fingerprint density at radius 1 is 1.11 bits per heavy atom. The van der Waals surface area contributed by atoms with Gasteiger partial charge in [-0.25, -0.2) is 0 Å². The van der Waals surface area contributed by atoms with E-state index in [2.05, 4.69) is 13.2 Å². The van der Waals surface area contributed by atoms with Gasteiger partial charge in [-0.2, -0.15) is 0 Å². The molecule has 0 spiro atoms. The Morgan fingerprint density at radius 3 is 2.06 bits per heavy atom. The molecular weight excluding hydrogens is 240 g/mol. The summed E-state index contributed by atoms with van der Waals surface area (Å²) >= 11 is 0. The van der Waals surface area contributed by atoms with Crippen LogP contribution in [-0.2, 0) is 14.3 Å². The minimum Gasteiger partial charge on any atom is -0.496 e. The van der Waals surface area contributed by atoms with Gasteiger partial charge in [-0.05, 0) is 13.8 Å². The molecular formula is C12H20O6. The monoisotopic (exact) mass is 260 g/mol. The van der Waals surface area contributed by atoms with E-state index in [9.17, 15) is 20.1 Å². The standard InChI is InChI=1S/C12H20O6/c1-7(2)17-5-9(13)11(15)12(16)10(14)6-18-8(3)4/h9,11-13,15-16H,1,3,5-6H2,2,4H3. The number of allylic oxidation sites excluding steroid dienone is 2. The molecule has 6 heteroatoms. The number of Topliss-reactive ketones (excluding diaryl/α,β-unsaturated/α-hetero) is 1. The van der Waals surface area contributed by atoms with Crippen LogP contribution in [0.15, 0.2) is 24.7 Å². The molecule has 0 rings (SSSR count). The van der Waals surface area contributed by atoms with Gasteiger partial charge >= 0.3 is 0 Å². The third-order valence-corrected chi connectivity index (χ3v) is 2.01. The summed E-state index contributed by atoms with van der Waals surface area (Å²) in [4.78, 5) is 11.4. The van der Waals surface area contributed by atoms with Gasteiger partial charge in [-0.1, -0.05) is 13.2 Å². The molecule has 6 nitrogen and oxygen atoms in total. The molecule has 3 unspecified atom stereocenters. The van der Waals surface area contributed by atoms with Crippen LogP contribution >= 0.6 is 0 Å². The molecule has 0 bridgehead atoms. The number of carbonyl (C=O) groups excluding carboxylic acids is 1. The van der Waals surface area contributed by atoms with Gasteiger partial charge in [0.1, 0.15) is 31.5 Å². The fourth-order valence-electron chi connectivity index (χ4n) is 1.01. The first-order valence-corrected chi connectivity index (χ1v) is 5.39. The van der Waals surface area contributed by atoms with Crippen molar-refractivity contribution >= 4 is 5.78 Å². The first-order chi connectivity index (χ1) is 8.25. The van der Waals surface area contributed by atoms with Gasteiger partial charge in [0.05, 0.1) is 11.5 Å². The maximum atomic E-state index is 11.4. The largest absolute Gasteiger partial charge is 0.496 e. The summed E-state index contributed by atoms with van der Waals surface area (Å²) in [6.07, 6.45) is -4.79. The molecule has 0 amide bonds. The lowest BCUT2D eigenvalue weighted by atomic mass is 10.1. The van der Waals surface area contributed by atoms with Crippen molar-refractivity contribution in [3.8, 4) is 0 Å².